The van der Waals surface area contributed by atoms with Gasteiger partial charge in [-0.3, -0.25) is 19.0 Å². The minimum absolute atomic E-state index is 0.293. The van der Waals surface area contributed by atoms with Crippen molar-refractivity contribution in [1.29, 1.82) is 0 Å². The molecule has 1 aliphatic rings. The van der Waals surface area contributed by atoms with Crippen molar-refractivity contribution in [1.82, 2.24) is 4.31 Å². The van der Waals surface area contributed by atoms with Crippen LogP contribution in [0.3, 0.4) is 0 Å². The lowest BCUT2D eigenvalue weighted by molar-refractivity contribution is -0.138. The first-order valence-corrected chi connectivity index (χ1v) is 7.12. The van der Waals surface area contributed by atoms with Crippen LogP contribution in [0.15, 0.2) is 30.3 Å². The Hall–Kier alpha value is -1.97. The highest BCUT2D eigenvalue weighted by atomic mass is 32.2. The smallest absolute Gasteiger partial charge is 0.322 e. The predicted molar refractivity (Wildman–Crippen MR) is 70.0 cm³/mol. The molecule has 0 bridgehead atoms. The number of anilines is 1. The molecule has 0 radical (unpaired) electrons. The van der Waals surface area contributed by atoms with E-state index in [1.165, 1.54) is 0 Å². The van der Waals surface area contributed by atoms with Gasteiger partial charge in [0.1, 0.15) is 6.04 Å². The number of β-lactam (4-membered cyclic amide) rings is 1. The number of nitrogens with zero attached hydrogens (tertiary/aromatic N) is 2. The largest absolute Gasteiger partial charge is 0.362 e. The maximum atomic E-state index is 11.9. The molecule has 2 rings (SSSR count). The van der Waals surface area contributed by atoms with Crippen LogP contribution in [0, 0.1) is 0 Å². The lowest BCUT2D eigenvalue weighted by Gasteiger charge is -2.41. The number of para-hydroxylation sites is 1. The van der Waals surface area contributed by atoms with E-state index in [0.29, 0.717) is 9.99 Å². The number of carbonyl (C=O) groups is 2. The van der Waals surface area contributed by atoms with Gasteiger partial charge >= 0.3 is 10.3 Å². The Labute approximate surface area is 115 Å². The minimum Gasteiger partial charge on any atom is -0.322 e. The molecular formula is C11H13N3O5S. The van der Waals surface area contributed by atoms with Gasteiger partial charge in [0.25, 0.3) is 5.91 Å². The monoisotopic (exact) mass is 299 g/mol. The van der Waals surface area contributed by atoms with Crippen molar-refractivity contribution in [3.63, 3.8) is 0 Å². The van der Waals surface area contributed by atoms with E-state index in [0.717, 1.165) is 4.90 Å². The second-order valence-electron chi connectivity index (χ2n) is 4.17. The van der Waals surface area contributed by atoms with Gasteiger partial charge in [-0.15, -0.1) is 0 Å². The number of carbonyl (C=O) groups excluding carboxylic acids is 2. The van der Waals surface area contributed by atoms with Crippen LogP contribution in [0.1, 0.15) is 0 Å². The zero-order valence-electron chi connectivity index (χ0n) is 10.3. The summed E-state index contributed by atoms with van der Waals surface area (Å²) in [5.41, 5.74) is 5.75. The Morgan fingerprint density at radius 3 is 2.45 bits per heavy atom. The van der Waals surface area contributed by atoms with Crippen LogP contribution in [0.4, 0.5) is 5.69 Å². The Bertz CT molecular complexity index is 631. The first kappa shape index (κ1) is 14.4. The van der Waals surface area contributed by atoms with E-state index in [1.54, 1.807) is 30.3 Å². The van der Waals surface area contributed by atoms with E-state index in [9.17, 15) is 18.0 Å². The summed E-state index contributed by atoms with van der Waals surface area (Å²) in [6.07, 6.45) is 0. The molecule has 1 saturated heterocycles. The van der Waals surface area contributed by atoms with Crippen molar-refractivity contribution in [3.8, 4) is 0 Å². The molecule has 0 saturated carbocycles. The van der Waals surface area contributed by atoms with Crippen molar-refractivity contribution >= 4 is 27.8 Å². The van der Waals surface area contributed by atoms with Crippen LogP contribution in [-0.2, 0) is 19.9 Å². The van der Waals surface area contributed by atoms with E-state index in [2.05, 4.69) is 0 Å². The molecule has 0 spiro atoms. The molecule has 3 N–H and O–H groups in total. The normalized spacial score (nSPS) is 18.6. The molecule has 20 heavy (non-hydrogen) atoms. The molecule has 9 heteroatoms. The number of amides is 2. The predicted octanol–water partition coefficient (Wildman–Crippen LogP) is -1.01. The lowest BCUT2D eigenvalue weighted by atomic mass is 10.1. The van der Waals surface area contributed by atoms with Gasteiger partial charge in [0.05, 0.1) is 13.1 Å². The third kappa shape index (κ3) is 2.50. The SMILES string of the molecule is NCC(=O)N(c1ccccc1)C1CN(S(=O)(=O)O)C1=O. The van der Waals surface area contributed by atoms with Gasteiger partial charge in [-0.1, -0.05) is 18.2 Å². The maximum Gasteiger partial charge on any atom is 0.362 e. The second kappa shape index (κ2) is 5.19. The van der Waals surface area contributed by atoms with Gasteiger partial charge in [-0.25, -0.2) is 4.31 Å². The molecule has 1 fully saturated rings. The molecule has 8 nitrogen and oxygen atoms in total. The Kier molecular flexibility index (Phi) is 3.75. The molecule has 2 amide bonds. The van der Waals surface area contributed by atoms with E-state index < -0.39 is 28.2 Å². The summed E-state index contributed by atoms with van der Waals surface area (Å²) in [6, 6.07) is 7.33. The van der Waals surface area contributed by atoms with E-state index >= 15 is 0 Å². The zero-order valence-corrected chi connectivity index (χ0v) is 11.2. The molecule has 1 unspecified atom stereocenters. The number of nitrogens with two attached hydrogens (primary N) is 1. The summed E-state index contributed by atoms with van der Waals surface area (Å²) in [7, 11) is -4.58. The molecular weight excluding hydrogens is 286 g/mol. The quantitative estimate of drug-likeness (QED) is 0.543. The van der Waals surface area contributed by atoms with E-state index in [1.807, 2.05) is 0 Å². The van der Waals surface area contributed by atoms with Crippen molar-refractivity contribution in [2.75, 3.05) is 18.0 Å². The Morgan fingerprint density at radius 2 is 2.00 bits per heavy atom. The second-order valence-corrected chi connectivity index (χ2v) is 5.50. The van der Waals surface area contributed by atoms with Crippen LogP contribution >= 0.6 is 0 Å². The molecule has 0 aliphatic carbocycles. The summed E-state index contributed by atoms with van der Waals surface area (Å²) < 4.78 is 30.9. The number of rotatable bonds is 4. The fourth-order valence-electron chi connectivity index (χ4n) is 1.96. The fraction of sp³-hybridized carbons (Fsp3) is 0.273. The van der Waals surface area contributed by atoms with Gasteiger partial charge < -0.3 is 5.73 Å². The first-order valence-electron chi connectivity index (χ1n) is 5.72. The Balaban J connectivity index is 2.28. The highest BCUT2D eigenvalue weighted by molar-refractivity contribution is 7.84. The standard InChI is InChI=1S/C11H13N3O5S/c12-6-10(15)14(8-4-2-1-3-5-8)9-7-13(11(9)16)20(17,18)19/h1-5,9H,6-7,12H2,(H,17,18,19). The van der Waals surface area contributed by atoms with Gasteiger partial charge in [0, 0.05) is 5.69 Å². The average molecular weight is 299 g/mol. The van der Waals surface area contributed by atoms with Gasteiger partial charge in [-0.05, 0) is 12.1 Å². The number of benzene rings is 1. The van der Waals surface area contributed by atoms with Gasteiger partial charge in [0.2, 0.25) is 5.91 Å². The number of hydrogen-bond donors (Lipinski definition) is 2. The Morgan fingerprint density at radius 1 is 1.40 bits per heavy atom. The van der Waals surface area contributed by atoms with Crippen molar-refractivity contribution in [2.45, 2.75) is 6.04 Å². The van der Waals surface area contributed by atoms with E-state index in [4.69, 9.17) is 10.3 Å². The first-order chi connectivity index (χ1) is 9.36. The molecule has 1 aliphatic heterocycles. The van der Waals surface area contributed by atoms with Crippen LogP contribution in [0.5, 0.6) is 0 Å². The van der Waals surface area contributed by atoms with Crippen molar-refractivity contribution < 1.29 is 22.6 Å². The zero-order chi connectivity index (χ0) is 14.9. The molecule has 1 aromatic rings. The summed E-state index contributed by atoms with van der Waals surface area (Å²) >= 11 is 0. The lowest BCUT2D eigenvalue weighted by Crippen LogP contribution is -2.67. The molecule has 108 valence electrons. The van der Waals surface area contributed by atoms with E-state index in [-0.39, 0.29) is 13.1 Å². The molecule has 1 atom stereocenters. The van der Waals surface area contributed by atoms with Crippen LogP contribution < -0.4 is 10.6 Å². The molecule has 1 aromatic carbocycles. The third-order valence-corrected chi connectivity index (χ3v) is 3.82. The van der Waals surface area contributed by atoms with Crippen LogP contribution in [0.2, 0.25) is 0 Å². The third-order valence-electron chi connectivity index (χ3n) is 2.94. The number of hydrogen-bond acceptors (Lipinski definition) is 5. The van der Waals surface area contributed by atoms with Crippen LogP contribution in [0.25, 0.3) is 0 Å². The maximum absolute atomic E-state index is 11.9. The summed E-state index contributed by atoms with van der Waals surface area (Å²) in [6.45, 7) is -0.608. The summed E-state index contributed by atoms with van der Waals surface area (Å²) in [4.78, 5) is 24.8. The summed E-state index contributed by atoms with van der Waals surface area (Å²) in [5, 5.41) is 0. The van der Waals surface area contributed by atoms with Gasteiger partial charge in [0.15, 0.2) is 0 Å². The fourth-order valence-corrected chi connectivity index (χ4v) is 2.64. The van der Waals surface area contributed by atoms with Crippen molar-refractivity contribution in [2.24, 2.45) is 5.73 Å². The van der Waals surface area contributed by atoms with Crippen LogP contribution in [-0.4, -0.2) is 48.2 Å². The minimum atomic E-state index is -4.58. The molecule has 0 aromatic heterocycles. The summed E-state index contributed by atoms with van der Waals surface area (Å²) in [5.74, 6) is -1.37. The molecule has 1 heterocycles. The topological polar surface area (TPSA) is 121 Å². The van der Waals surface area contributed by atoms with Crippen molar-refractivity contribution in [3.05, 3.63) is 30.3 Å². The highest BCUT2D eigenvalue weighted by Crippen LogP contribution is 2.25. The average Bonchev–Trinajstić information content (AvgIpc) is 2.41. The van der Waals surface area contributed by atoms with Gasteiger partial charge in [-0.2, -0.15) is 8.42 Å². The highest BCUT2D eigenvalue weighted by Gasteiger charge is 2.48.